The number of benzene rings is 1. The van der Waals surface area contributed by atoms with Gasteiger partial charge in [-0.25, -0.2) is 0 Å². The third-order valence-electron chi connectivity index (χ3n) is 7.19. The summed E-state index contributed by atoms with van der Waals surface area (Å²) in [6.45, 7) is 0. The highest BCUT2D eigenvalue weighted by molar-refractivity contribution is 6.24. The molecule has 1 unspecified atom stereocenters. The minimum Gasteiger partial charge on any atom is -0.508 e. The Morgan fingerprint density at radius 3 is 2.37 bits per heavy atom. The number of rotatable bonds is 4. The maximum absolute atomic E-state index is 13.8. The number of nitrogens with two attached hydrogens (primary N) is 1. The van der Waals surface area contributed by atoms with Gasteiger partial charge < -0.3 is 31.1 Å². The molecule has 4 rings (SSSR count). The molecule has 1 fully saturated rings. The van der Waals surface area contributed by atoms with Crippen molar-refractivity contribution in [1.82, 2.24) is 9.80 Å². The summed E-state index contributed by atoms with van der Waals surface area (Å²) >= 11 is 0. The number of phenols is 1. The molecule has 1 aromatic rings. The number of aliphatic hydroxyl groups excluding tert-OH is 2. The predicted octanol–water partition coefficient (Wildman–Crippen LogP) is 0.496. The minimum absolute atomic E-state index is 0.0538. The number of hydrogen-bond acceptors (Lipinski definition) is 9. The second-order valence-electron chi connectivity index (χ2n) is 9.77. The van der Waals surface area contributed by atoms with E-state index in [2.05, 4.69) is 0 Å². The Morgan fingerprint density at radius 1 is 1.14 bits per heavy atom. The number of ketones is 2. The summed E-state index contributed by atoms with van der Waals surface area (Å²) in [6, 6.07) is 2.00. The van der Waals surface area contributed by atoms with Crippen molar-refractivity contribution in [2.45, 2.75) is 24.5 Å². The van der Waals surface area contributed by atoms with E-state index < -0.39 is 58.0 Å². The van der Waals surface area contributed by atoms with Crippen LogP contribution in [0, 0.1) is 11.8 Å². The Labute approximate surface area is 202 Å². The fourth-order valence-corrected chi connectivity index (χ4v) is 5.65. The van der Waals surface area contributed by atoms with Crippen LogP contribution in [-0.2, 0) is 20.8 Å². The van der Waals surface area contributed by atoms with Gasteiger partial charge in [-0.1, -0.05) is 6.07 Å². The van der Waals surface area contributed by atoms with Crippen LogP contribution in [0.4, 0.5) is 0 Å². The molecule has 3 aliphatic carbocycles. The molecule has 35 heavy (non-hydrogen) atoms. The summed E-state index contributed by atoms with van der Waals surface area (Å²) in [5.74, 6) is -6.60. The van der Waals surface area contributed by atoms with Crippen LogP contribution < -0.4 is 5.73 Å². The average molecular weight is 484 g/mol. The minimum atomic E-state index is -2.64. The van der Waals surface area contributed by atoms with Gasteiger partial charge in [0.05, 0.1) is 11.6 Å². The molecule has 10 heteroatoms. The molecule has 1 aromatic carbocycles. The first-order valence-electron chi connectivity index (χ1n) is 11.2. The summed E-state index contributed by atoms with van der Waals surface area (Å²) in [5, 5.41) is 44.2. The first kappa shape index (κ1) is 24.5. The van der Waals surface area contributed by atoms with Gasteiger partial charge in [-0.2, -0.15) is 0 Å². The van der Waals surface area contributed by atoms with Gasteiger partial charge in [-0.3, -0.25) is 19.3 Å². The van der Waals surface area contributed by atoms with Crippen molar-refractivity contribution in [3.63, 3.8) is 0 Å². The van der Waals surface area contributed by atoms with Gasteiger partial charge in [0.15, 0.2) is 11.4 Å². The van der Waals surface area contributed by atoms with Crippen LogP contribution in [0.15, 0.2) is 35.2 Å². The number of amides is 1. The van der Waals surface area contributed by atoms with Crippen LogP contribution in [0.5, 0.6) is 5.75 Å². The Bertz CT molecular complexity index is 1240. The van der Waals surface area contributed by atoms with E-state index in [0.717, 1.165) is 5.56 Å². The monoisotopic (exact) mass is 483 g/mol. The topological polar surface area (TPSA) is 165 Å². The van der Waals surface area contributed by atoms with E-state index in [4.69, 9.17) is 5.73 Å². The standard InChI is InChI=1S/C25H29N3O7/c1-27(2)8-7-11-5-6-15(29)17-13(11)9-12-10-14-19(28(3)4)21(31)18(24(26)34)23(33)25(14,35)22(32)16(12)20(17)30/h5-8,12,14,19,29-30,33,35H,9-10H2,1-4H3,(H2,26,34)/b8-7+/t12-,14-,19?,25-/m1/s1. The molecule has 0 spiro atoms. The van der Waals surface area contributed by atoms with Gasteiger partial charge in [0, 0.05) is 25.6 Å². The van der Waals surface area contributed by atoms with Crippen molar-refractivity contribution < 1.29 is 34.8 Å². The third kappa shape index (κ3) is 3.43. The molecule has 0 aromatic heterocycles. The Hall–Kier alpha value is -3.63. The number of fused-ring (bicyclic) bond motifs is 3. The number of aromatic hydroxyl groups is 1. The highest BCUT2D eigenvalue weighted by Gasteiger charge is 2.64. The zero-order valence-electron chi connectivity index (χ0n) is 19.9. The van der Waals surface area contributed by atoms with Crippen molar-refractivity contribution in [2.24, 2.45) is 17.6 Å². The van der Waals surface area contributed by atoms with Gasteiger partial charge in [0.25, 0.3) is 5.91 Å². The van der Waals surface area contributed by atoms with E-state index in [1.807, 2.05) is 31.3 Å². The average Bonchev–Trinajstić information content (AvgIpc) is 2.75. The molecule has 0 heterocycles. The highest BCUT2D eigenvalue weighted by atomic mass is 16.3. The molecule has 186 valence electrons. The van der Waals surface area contributed by atoms with Crippen molar-refractivity contribution in [2.75, 3.05) is 28.2 Å². The maximum Gasteiger partial charge on any atom is 0.255 e. The molecular weight excluding hydrogens is 454 g/mol. The molecule has 0 aliphatic heterocycles. The van der Waals surface area contributed by atoms with E-state index >= 15 is 0 Å². The van der Waals surface area contributed by atoms with E-state index in [1.54, 1.807) is 20.2 Å². The van der Waals surface area contributed by atoms with Gasteiger partial charge in [0.1, 0.15) is 22.8 Å². The molecule has 1 amide bonds. The van der Waals surface area contributed by atoms with Crippen LogP contribution >= 0.6 is 0 Å². The predicted molar refractivity (Wildman–Crippen MR) is 127 cm³/mol. The number of phenolic OH excluding ortho intramolecular Hbond substituents is 1. The summed E-state index contributed by atoms with van der Waals surface area (Å²) in [5.41, 5.74) is 3.11. The van der Waals surface area contributed by atoms with E-state index in [-0.39, 0.29) is 29.7 Å². The molecule has 0 saturated heterocycles. The number of carbonyl (C=O) groups is 3. The van der Waals surface area contributed by atoms with E-state index in [0.29, 0.717) is 5.56 Å². The molecule has 3 aliphatic rings. The molecule has 10 nitrogen and oxygen atoms in total. The van der Waals surface area contributed by atoms with Gasteiger partial charge in [-0.05, 0) is 62.3 Å². The van der Waals surface area contributed by atoms with Gasteiger partial charge >= 0.3 is 0 Å². The largest absolute Gasteiger partial charge is 0.508 e. The van der Waals surface area contributed by atoms with Crippen molar-refractivity contribution in [1.29, 1.82) is 0 Å². The van der Waals surface area contributed by atoms with Gasteiger partial charge in [0.2, 0.25) is 5.78 Å². The molecule has 0 bridgehead atoms. The number of likely N-dealkylation sites (N-methyl/N-ethyl adjacent to an activating group) is 1. The summed E-state index contributed by atoms with van der Waals surface area (Å²) in [4.78, 5) is 42.2. The molecule has 4 atom stereocenters. The Balaban J connectivity index is 1.96. The SMILES string of the molecule is CN(C)/C=C/c1ccc(O)c2c1C[C@@H]1C[C@@H]3C(N(C)C)C(=O)C(C(N)=O)=C(O)[C@]3(O)C(=O)C1=C2O. The Kier molecular flexibility index (Phi) is 5.77. The second kappa shape index (κ2) is 8.24. The van der Waals surface area contributed by atoms with Crippen LogP contribution in [0.25, 0.3) is 11.8 Å². The zero-order chi connectivity index (χ0) is 26.0. The number of hydrogen-bond donors (Lipinski definition) is 5. The molecule has 6 N–H and O–H groups in total. The second-order valence-corrected chi connectivity index (χ2v) is 9.77. The third-order valence-corrected chi connectivity index (χ3v) is 7.19. The number of primary amides is 1. The lowest BCUT2D eigenvalue weighted by atomic mass is 9.57. The first-order valence-corrected chi connectivity index (χ1v) is 11.2. The van der Waals surface area contributed by atoms with Crippen molar-refractivity contribution in [3.8, 4) is 5.75 Å². The summed E-state index contributed by atoms with van der Waals surface area (Å²) in [6.07, 6.45) is 3.93. The van der Waals surface area contributed by atoms with Crippen LogP contribution in [-0.4, -0.2) is 87.5 Å². The fourth-order valence-electron chi connectivity index (χ4n) is 5.65. The van der Waals surface area contributed by atoms with Crippen LogP contribution in [0.1, 0.15) is 23.1 Å². The van der Waals surface area contributed by atoms with Crippen molar-refractivity contribution >= 4 is 29.3 Å². The number of aliphatic hydroxyl groups is 3. The first-order chi connectivity index (χ1) is 16.3. The number of Topliss-reactive ketones (excluding diaryl/α,β-unsaturated/α-hetero) is 2. The lowest BCUT2D eigenvalue weighted by Crippen LogP contribution is -2.65. The van der Waals surface area contributed by atoms with Crippen LogP contribution in [0.3, 0.4) is 0 Å². The summed E-state index contributed by atoms with van der Waals surface area (Å²) < 4.78 is 0. The molecule has 0 radical (unpaired) electrons. The highest BCUT2D eigenvalue weighted by Crippen LogP contribution is 2.53. The van der Waals surface area contributed by atoms with Gasteiger partial charge in [-0.15, -0.1) is 0 Å². The quantitative estimate of drug-likeness (QED) is 0.383. The normalized spacial score (nSPS) is 28.3. The van der Waals surface area contributed by atoms with E-state index in [9.17, 15) is 34.8 Å². The van der Waals surface area contributed by atoms with Crippen molar-refractivity contribution in [3.05, 3.63) is 51.9 Å². The smallest absolute Gasteiger partial charge is 0.255 e. The van der Waals surface area contributed by atoms with E-state index in [1.165, 1.54) is 11.0 Å². The van der Waals surface area contributed by atoms with Crippen LogP contribution in [0.2, 0.25) is 0 Å². The lowest BCUT2D eigenvalue weighted by Gasteiger charge is -2.50. The lowest BCUT2D eigenvalue weighted by molar-refractivity contribution is -0.153. The molecule has 1 saturated carbocycles. The zero-order valence-corrected chi connectivity index (χ0v) is 19.9. The summed E-state index contributed by atoms with van der Waals surface area (Å²) in [7, 11) is 6.83. The number of carbonyl (C=O) groups excluding carboxylic acids is 3. The number of nitrogens with zero attached hydrogens (tertiary/aromatic N) is 2. The molecular formula is C25H29N3O7. The maximum atomic E-state index is 13.8. The fraction of sp³-hybridized carbons (Fsp3) is 0.400. The Morgan fingerprint density at radius 2 is 1.80 bits per heavy atom.